The quantitative estimate of drug-likeness (QED) is 0.307. The molecule has 0 atom stereocenters. The van der Waals surface area contributed by atoms with Gasteiger partial charge in [-0.15, -0.1) is 0 Å². The summed E-state index contributed by atoms with van der Waals surface area (Å²) in [6, 6.07) is 18.2. The summed E-state index contributed by atoms with van der Waals surface area (Å²) in [5, 5.41) is 0.799. The predicted octanol–water partition coefficient (Wildman–Crippen LogP) is 4.76. The van der Waals surface area contributed by atoms with Crippen molar-refractivity contribution in [2.24, 2.45) is 0 Å². The minimum atomic E-state index is 0.0485. The van der Waals surface area contributed by atoms with Crippen LogP contribution < -0.4 is 14.5 Å². The van der Waals surface area contributed by atoms with Crippen molar-refractivity contribution in [3.05, 3.63) is 71.4 Å². The van der Waals surface area contributed by atoms with Crippen LogP contribution in [-0.2, 0) is 12.2 Å². The van der Waals surface area contributed by atoms with Gasteiger partial charge in [0.15, 0.2) is 5.16 Å². The van der Waals surface area contributed by atoms with Gasteiger partial charge in [-0.1, -0.05) is 30.8 Å². The van der Waals surface area contributed by atoms with Crippen LogP contribution in [0.5, 0.6) is 5.75 Å². The van der Waals surface area contributed by atoms with Gasteiger partial charge in [-0.05, 0) is 55.3 Å². The maximum Gasteiger partial charge on any atom is 0.253 e. The van der Waals surface area contributed by atoms with Crippen molar-refractivity contribution in [1.29, 1.82) is 0 Å². The van der Waals surface area contributed by atoms with Gasteiger partial charge in [0.1, 0.15) is 11.6 Å². The average molecular weight is 506 g/mol. The summed E-state index contributed by atoms with van der Waals surface area (Å²) in [4.78, 5) is 28.5. The first-order chi connectivity index (χ1) is 17.5. The van der Waals surface area contributed by atoms with Crippen molar-refractivity contribution in [3.8, 4) is 5.75 Å². The summed E-state index contributed by atoms with van der Waals surface area (Å²) in [6.07, 6.45) is 0.872. The number of nitrogens with zero attached hydrogens (tertiary/aromatic N) is 5. The van der Waals surface area contributed by atoms with Crippen LogP contribution >= 0.6 is 11.8 Å². The molecule has 1 amide bonds. The van der Waals surface area contributed by atoms with E-state index in [0.29, 0.717) is 12.1 Å². The van der Waals surface area contributed by atoms with Gasteiger partial charge in [0.25, 0.3) is 5.91 Å². The number of benzene rings is 2. The Kier molecular flexibility index (Phi) is 8.70. The molecule has 1 saturated heterocycles. The number of ether oxygens (including phenoxy) is 1. The number of anilines is 2. The lowest BCUT2D eigenvalue weighted by atomic mass is 10.1. The van der Waals surface area contributed by atoms with Gasteiger partial charge in [0.2, 0.25) is 0 Å². The highest BCUT2D eigenvalue weighted by Crippen LogP contribution is 2.26. The molecule has 0 radical (unpaired) electrons. The Labute approximate surface area is 218 Å². The second kappa shape index (κ2) is 12.1. The van der Waals surface area contributed by atoms with Crippen LogP contribution in [0.2, 0.25) is 0 Å². The summed E-state index contributed by atoms with van der Waals surface area (Å²) < 4.78 is 5.28. The fourth-order valence-corrected chi connectivity index (χ4v) is 4.94. The fourth-order valence-electron chi connectivity index (χ4n) is 4.11. The standard InChI is InChI=1S/C28H35N5O2S/c1-5-23-19-26(33-17-15-32(16-18-33)24-11-13-25(35-4)14-12-24)30-28(29-23)36-20-21-7-9-22(10-8-21)27(34)31(3)6-2/h7-14,19H,5-6,15-18,20H2,1-4H3. The van der Waals surface area contributed by atoms with Crippen LogP contribution in [0.25, 0.3) is 0 Å². The Morgan fingerprint density at radius 1 is 0.972 bits per heavy atom. The molecule has 2 aromatic carbocycles. The third kappa shape index (κ3) is 6.29. The molecule has 36 heavy (non-hydrogen) atoms. The minimum absolute atomic E-state index is 0.0485. The second-order valence-corrected chi connectivity index (χ2v) is 9.77. The number of aromatic nitrogens is 2. The number of carbonyl (C=O) groups excluding carboxylic acids is 1. The molecular formula is C28H35N5O2S. The van der Waals surface area contributed by atoms with E-state index in [9.17, 15) is 4.79 Å². The summed E-state index contributed by atoms with van der Waals surface area (Å²) in [5.41, 5.74) is 4.14. The van der Waals surface area contributed by atoms with E-state index in [2.05, 4.69) is 34.9 Å². The van der Waals surface area contributed by atoms with Crippen LogP contribution in [0.4, 0.5) is 11.5 Å². The molecule has 1 aliphatic rings. The minimum Gasteiger partial charge on any atom is -0.497 e. The van der Waals surface area contributed by atoms with E-state index in [4.69, 9.17) is 14.7 Å². The zero-order valence-corrected chi connectivity index (χ0v) is 22.4. The first-order valence-corrected chi connectivity index (χ1v) is 13.5. The molecule has 1 aliphatic heterocycles. The number of piperazine rings is 1. The molecule has 2 heterocycles. The molecule has 3 aromatic rings. The molecule has 0 saturated carbocycles. The van der Waals surface area contributed by atoms with Gasteiger partial charge in [0.05, 0.1) is 7.11 Å². The monoisotopic (exact) mass is 505 g/mol. The van der Waals surface area contributed by atoms with Crippen molar-refractivity contribution >= 4 is 29.2 Å². The molecule has 190 valence electrons. The number of thioether (sulfide) groups is 1. The van der Waals surface area contributed by atoms with E-state index in [1.807, 2.05) is 50.4 Å². The fraction of sp³-hybridized carbons (Fsp3) is 0.393. The topological polar surface area (TPSA) is 61.8 Å². The van der Waals surface area contributed by atoms with E-state index in [1.54, 1.807) is 23.8 Å². The van der Waals surface area contributed by atoms with Gasteiger partial charge in [-0.3, -0.25) is 4.79 Å². The number of rotatable bonds is 9. The van der Waals surface area contributed by atoms with Gasteiger partial charge in [0, 0.05) is 68.5 Å². The van der Waals surface area contributed by atoms with Crippen molar-refractivity contribution in [3.63, 3.8) is 0 Å². The van der Waals surface area contributed by atoms with Crippen LogP contribution in [-0.4, -0.2) is 67.7 Å². The number of methoxy groups -OCH3 is 1. The van der Waals surface area contributed by atoms with E-state index in [-0.39, 0.29) is 5.91 Å². The molecule has 0 bridgehead atoms. The Morgan fingerprint density at radius 2 is 1.64 bits per heavy atom. The van der Waals surface area contributed by atoms with E-state index in [1.165, 1.54) is 5.69 Å². The van der Waals surface area contributed by atoms with Gasteiger partial charge >= 0.3 is 0 Å². The number of carbonyl (C=O) groups is 1. The van der Waals surface area contributed by atoms with Crippen molar-refractivity contribution in [2.75, 3.05) is 56.7 Å². The van der Waals surface area contributed by atoms with E-state index in [0.717, 1.165) is 66.3 Å². The Balaban J connectivity index is 1.38. The van der Waals surface area contributed by atoms with Crippen LogP contribution in [0.3, 0.4) is 0 Å². The maximum atomic E-state index is 12.3. The molecule has 1 fully saturated rings. The van der Waals surface area contributed by atoms with E-state index < -0.39 is 0 Å². The molecule has 0 spiro atoms. The van der Waals surface area contributed by atoms with Gasteiger partial charge < -0.3 is 19.4 Å². The summed E-state index contributed by atoms with van der Waals surface area (Å²) in [6.45, 7) is 8.52. The zero-order chi connectivity index (χ0) is 25.5. The van der Waals surface area contributed by atoms with Crippen LogP contribution in [0.1, 0.15) is 35.5 Å². The lowest BCUT2D eigenvalue weighted by Gasteiger charge is -2.37. The lowest BCUT2D eigenvalue weighted by Crippen LogP contribution is -2.46. The third-order valence-electron chi connectivity index (χ3n) is 6.54. The molecule has 1 aromatic heterocycles. The molecular weight excluding hydrogens is 470 g/mol. The Bertz CT molecular complexity index is 1150. The van der Waals surface area contributed by atoms with Crippen LogP contribution in [0.15, 0.2) is 59.8 Å². The normalized spacial score (nSPS) is 13.6. The van der Waals surface area contributed by atoms with Crippen molar-refractivity contribution in [2.45, 2.75) is 31.2 Å². The molecule has 0 N–H and O–H groups in total. The highest BCUT2D eigenvalue weighted by atomic mass is 32.2. The van der Waals surface area contributed by atoms with Gasteiger partial charge in [-0.25, -0.2) is 9.97 Å². The average Bonchev–Trinajstić information content (AvgIpc) is 2.95. The third-order valence-corrected chi connectivity index (χ3v) is 7.46. The van der Waals surface area contributed by atoms with Crippen molar-refractivity contribution < 1.29 is 9.53 Å². The van der Waals surface area contributed by atoms with E-state index >= 15 is 0 Å². The summed E-state index contributed by atoms with van der Waals surface area (Å²) >= 11 is 1.64. The first-order valence-electron chi connectivity index (χ1n) is 12.5. The Morgan fingerprint density at radius 3 is 2.25 bits per heavy atom. The molecule has 7 nitrogen and oxygen atoms in total. The largest absolute Gasteiger partial charge is 0.497 e. The molecule has 0 aliphatic carbocycles. The highest BCUT2D eigenvalue weighted by molar-refractivity contribution is 7.98. The van der Waals surface area contributed by atoms with Crippen LogP contribution in [0, 0.1) is 0 Å². The number of hydrogen-bond acceptors (Lipinski definition) is 7. The predicted molar refractivity (Wildman–Crippen MR) is 147 cm³/mol. The Hall–Kier alpha value is -3.26. The van der Waals surface area contributed by atoms with Gasteiger partial charge in [-0.2, -0.15) is 0 Å². The molecule has 0 unspecified atom stereocenters. The summed E-state index contributed by atoms with van der Waals surface area (Å²) in [7, 11) is 3.51. The number of aryl methyl sites for hydroxylation is 1. The zero-order valence-electron chi connectivity index (χ0n) is 21.6. The number of amides is 1. The van der Waals surface area contributed by atoms with Crippen molar-refractivity contribution in [1.82, 2.24) is 14.9 Å². The lowest BCUT2D eigenvalue weighted by molar-refractivity contribution is 0.0802. The number of hydrogen-bond donors (Lipinski definition) is 0. The second-order valence-electron chi connectivity index (χ2n) is 8.83. The summed E-state index contributed by atoms with van der Waals surface area (Å²) in [5.74, 6) is 2.69. The smallest absolute Gasteiger partial charge is 0.253 e. The molecule has 8 heteroatoms. The highest BCUT2D eigenvalue weighted by Gasteiger charge is 2.20. The SMILES string of the molecule is CCc1cc(N2CCN(c3ccc(OC)cc3)CC2)nc(SCc2ccc(C(=O)N(C)CC)cc2)n1. The molecule has 4 rings (SSSR count). The first kappa shape index (κ1) is 25.8. The maximum absolute atomic E-state index is 12.3.